The Morgan fingerprint density at radius 3 is 2.45 bits per heavy atom. The van der Waals surface area contributed by atoms with Gasteiger partial charge >= 0.3 is 0 Å². The van der Waals surface area contributed by atoms with Crippen LogP contribution < -0.4 is 4.74 Å². The molecule has 2 aromatic rings. The van der Waals surface area contributed by atoms with Gasteiger partial charge < -0.3 is 14.5 Å². The van der Waals surface area contributed by atoms with Crippen molar-refractivity contribution in [1.29, 1.82) is 0 Å². The van der Waals surface area contributed by atoms with Crippen LogP contribution in [0, 0.1) is 0 Å². The Morgan fingerprint density at radius 2 is 1.79 bits per heavy atom. The van der Waals surface area contributed by atoms with Crippen molar-refractivity contribution in [3.8, 4) is 5.75 Å². The molecule has 1 aromatic carbocycles. The van der Waals surface area contributed by atoms with Gasteiger partial charge in [-0.1, -0.05) is 24.3 Å². The fourth-order valence-corrected chi connectivity index (χ4v) is 4.30. The van der Waals surface area contributed by atoms with E-state index in [9.17, 15) is 14.4 Å². The first-order chi connectivity index (χ1) is 15.7. The Bertz CT molecular complexity index is 1120. The lowest BCUT2D eigenvalue weighted by Crippen LogP contribution is -2.56. The van der Waals surface area contributed by atoms with E-state index in [1.54, 1.807) is 40.3 Å². The van der Waals surface area contributed by atoms with E-state index in [1.165, 1.54) is 0 Å². The standard InChI is InChI=1S/C26H29N3O4/c1-17-16-28(24(31)18-8-6-5-7-9-18)14-15-29(17)25(32)23(30)19-10-11-20-22(19)21(12-13-27-20)33-26(2,3)4/h5-10,12-13,17H,11,14-16H2,1-4H3/t17-/m1/s1. The topological polar surface area (TPSA) is 79.8 Å². The molecule has 172 valence electrons. The van der Waals surface area contributed by atoms with Crippen LogP contribution in [-0.4, -0.2) is 63.7 Å². The largest absolute Gasteiger partial charge is 0.487 e. The minimum Gasteiger partial charge on any atom is -0.487 e. The fourth-order valence-electron chi connectivity index (χ4n) is 4.30. The lowest BCUT2D eigenvalue weighted by molar-refractivity contribution is -0.144. The minimum absolute atomic E-state index is 0.0663. The number of carbonyl (C=O) groups excluding carboxylic acids is 3. The number of Topliss-reactive ketones (excluding diaryl/α,β-unsaturated/α-hetero) is 1. The lowest BCUT2D eigenvalue weighted by atomic mass is 10.0. The van der Waals surface area contributed by atoms with Gasteiger partial charge in [0.25, 0.3) is 17.6 Å². The summed E-state index contributed by atoms with van der Waals surface area (Å²) in [4.78, 5) is 47.0. The number of pyridine rings is 1. The molecule has 1 aliphatic heterocycles. The van der Waals surface area contributed by atoms with Gasteiger partial charge in [-0.25, -0.2) is 0 Å². The first kappa shape index (κ1) is 22.7. The summed E-state index contributed by atoms with van der Waals surface area (Å²) in [6.45, 7) is 8.73. The molecule has 1 saturated heterocycles. The maximum Gasteiger partial charge on any atom is 0.295 e. The van der Waals surface area contributed by atoms with E-state index in [2.05, 4.69) is 4.98 Å². The van der Waals surface area contributed by atoms with Crippen molar-refractivity contribution in [2.24, 2.45) is 0 Å². The van der Waals surface area contributed by atoms with E-state index in [4.69, 9.17) is 4.74 Å². The summed E-state index contributed by atoms with van der Waals surface area (Å²) in [6, 6.07) is 10.5. The molecule has 1 atom stereocenters. The van der Waals surface area contributed by atoms with Crippen LogP contribution in [0.4, 0.5) is 0 Å². The van der Waals surface area contributed by atoms with E-state index in [1.807, 2.05) is 45.9 Å². The molecular weight excluding hydrogens is 418 g/mol. The number of amides is 2. The highest BCUT2D eigenvalue weighted by Gasteiger charge is 2.37. The molecule has 1 aliphatic carbocycles. The molecule has 0 N–H and O–H groups in total. The van der Waals surface area contributed by atoms with Crippen LogP contribution >= 0.6 is 0 Å². The monoisotopic (exact) mass is 447 g/mol. The molecule has 1 fully saturated rings. The summed E-state index contributed by atoms with van der Waals surface area (Å²) < 4.78 is 6.05. The molecule has 7 heteroatoms. The zero-order valence-electron chi connectivity index (χ0n) is 19.5. The first-order valence-electron chi connectivity index (χ1n) is 11.2. The molecule has 2 aliphatic rings. The molecule has 0 saturated carbocycles. The normalized spacial score (nSPS) is 17.9. The summed E-state index contributed by atoms with van der Waals surface area (Å²) >= 11 is 0. The van der Waals surface area contributed by atoms with Crippen molar-refractivity contribution in [3.05, 3.63) is 65.5 Å². The van der Waals surface area contributed by atoms with Gasteiger partial charge in [0.2, 0.25) is 0 Å². The highest BCUT2D eigenvalue weighted by molar-refractivity contribution is 6.53. The average Bonchev–Trinajstić information content (AvgIpc) is 3.22. The van der Waals surface area contributed by atoms with Crippen LogP contribution in [0.1, 0.15) is 49.3 Å². The molecule has 0 bridgehead atoms. The molecule has 33 heavy (non-hydrogen) atoms. The summed E-state index contributed by atoms with van der Waals surface area (Å²) in [5, 5.41) is 0. The number of carbonyl (C=O) groups is 3. The Labute approximate surface area is 194 Å². The van der Waals surface area contributed by atoms with Gasteiger partial charge in [-0.2, -0.15) is 0 Å². The van der Waals surface area contributed by atoms with Crippen molar-refractivity contribution in [2.75, 3.05) is 19.6 Å². The third-order valence-electron chi connectivity index (χ3n) is 5.81. The van der Waals surface area contributed by atoms with Gasteiger partial charge in [-0.3, -0.25) is 19.4 Å². The molecule has 0 unspecified atom stereocenters. The van der Waals surface area contributed by atoms with E-state index < -0.39 is 17.3 Å². The molecule has 0 spiro atoms. The fraction of sp³-hybridized carbons (Fsp3) is 0.385. The number of piperazine rings is 1. The number of rotatable bonds is 4. The van der Waals surface area contributed by atoms with Crippen LogP contribution in [0.3, 0.4) is 0 Å². The van der Waals surface area contributed by atoms with Crippen molar-refractivity contribution in [1.82, 2.24) is 14.8 Å². The highest BCUT2D eigenvalue weighted by Crippen LogP contribution is 2.36. The lowest BCUT2D eigenvalue weighted by Gasteiger charge is -2.39. The SMILES string of the molecule is C[C@@H]1CN(C(=O)c2ccccc2)CCN1C(=O)C(=O)C1=CCc2nccc(OC(C)(C)C)c21. The van der Waals surface area contributed by atoms with Crippen LogP contribution in [-0.2, 0) is 16.0 Å². The van der Waals surface area contributed by atoms with E-state index in [-0.39, 0.29) is 11.9 Å². The molecular formula is C26H29N3O4. The minimum atomic E-state index is -0.560. The number of nitrogens with zero attached hydrogens (tertiary/aromatic N) is 3. The second-order valence-electron chi connectivity index (χ2n) is 9.46. The van der Waals surface area contributed by atoms with E-state index in [0.717, 1.165) is 5.69 Å². The number of hydrogen-bond donors (Lipinski definition) is 0. The first-order valence-corrected chi connectivity index (χ1v) is 11.2. The van der Waals surface area contributed by atoms with Crippen molar-refractivity contribution in [3.63, 3.8) is 0 Å². The Kier molecular flexibility index (Phi) is 6.06. The van der Waals surface area contributed by atoms with Crippen LogP contribution in [0.5, 0.6) is 5.75 Å². The predicted molar refractivity (Wildman–Crippen MR) is 125 cm³/mol. The zero-order chi connectivity index (χ0) is 23.8. The Balaban J connectivity index is 1.49. The quantitative estimate of drug-likeness (QED) is 0.673. The third-order valence-corrected chi connectivity index (χ3v) is 5.81. The van der Waals surface area contributed by atoms with Gasteiger partial charge in [0.05, 0.1) is 5.69 Å². The summed E-state index contributed by atoms with van der Waals surface area (Å²) in [6.07, 6.45) is 3.90. The molecule has 1 aromatic heterocycles. The number of benzene rings is 1. The van der Waals surface area contributed by atoms with Gasteiger partial charge in [-0.15, -0.1) is 0 Å². The van der Waals surface area contributed by atoms with Gasteiger partial charge in [-0.05, 0) is 45.9 Å². The second-order valence-corrected chi connectivity index (χ2v) is 9.46. The Hall–Kier alpha value is -3.48. The Morgan fingerprint density at radius 1 is 1.06 bits per heavy atom. The highest BCUT2D eigenvalue weighted by atomic mass is 16.5. The molecule has 4 rings (SSSR count). The molecule has 2 amide bonds. The van der Waals surface area contributed by atoms with Gasteiger partial charge in [0.15, 0.2) is 0 Å². The van der Waals surface area contributed by atoms with Crippen molar-refractivity contribution >= 4 is 23.2 Å². The molecule has 2 heterocycles. The number of ether oxygens (including phenoxy) is 1. The zero-order valence-corrected chi connectivity index (χ0v) is 19.5. The average molecular weight is 448 g/mol. The van der Waals surface area contributed by atoms with Gasteiger partial charge in [0.1, 0.15) is 11.4 Å². The third kappa shape index (κ3) is 4.67. The maximum atomic E-state index is 13.3. The molecule has 7 nitrogen and oxygen atoms in total. The summed E-state index contributed by atoms with van der Waals surface area (Å²) in [5.41, 5.74) is 1.85. The van der Waals surface area contributed by atoms with Crippen LogP contribution in [0.15, 0.2) is 48.7 Å². The van der Waals surface area contributed by atoms with E-state index >= 15 is 0 Å². The number of allylic oxidation sites excluding steroid dienone is 1. The predicted octanol–water partition coefficient (Wildman–Crippen LogP) is 3.14. The number of fused-ring (bicyclic) bond motifs is 1. The summed E-state index contributed by atoms with van der Waals surface area (Å²) in [5.74, 6) is -0.624. The number of ketones is 1. The van der Waals surface area contributed by atoms with Crippen LogP contribution in [0.2, 0.25) is 0 Å². The second kappa shape index (κ2) is 8.81. The maximum absolute atomic E-state index is 13.3. The van der Waals surface area contributed by atoms with Crippen molar-refractivity contribution in [2.45, 2.75) is 45.8 Å². The van der Waals surface area contributed by atoms with E-state index in [0.29, 0.717) is 48.5 Å². The van der Waals surface area contributed by atoms with Gasteiger partial charge in [0, 0.05) is 55.0 Å². The van der Waals surface area contributed by atoms with Crippen molar-refractivity contribution < 1.29 is 19.1 Å². The number of hydrogen-bond acceptors (Lipinski definition) is 5. The molecule has 0 radical (unpaired) electrons. The number of aromatic nitrogens is 1. The smallest absolute Gasteiger partial charge is 0.295 e. The summed E-state index contributed by atoms with van der Waals surface area (Å²) in [7, 11) is 0. The van der Waals surface area contributed by atoms with Crippen LogP contribution in [0.25, 0.3) is 5.57 Å².